The lowest BCUT2D eigenvalue weighted by Crippen LogP contribution is -2.37. The molecule has 0 N–H and O–H groups in total. The van der Waals surface area contributed by atoms with Gasteiger partial charge in [-0.2, -0.15) is 0 Å². The van der Waals surface area contributed by atoms with Gasteiger partial charge in [0.05, 0.1) is 6.42 Å². The number of carbonyl (C=O) groups excluding carboxylic acids is 2. The van der Waals surface area contributed by atoms with Gasteiger partial charge in [0, 0.05) is 32.6 Å². The number of benzene rings is 1. The number of hydrogen-bond donors (Lipinski definition) is 0. The average Bonchev–Trinajstić information content (AvgIpc) is 2.82. The van der Waals surface area contributed by atoms with E-state index >= 15 is 0 Å². The predicted octanol–water partition coefficient (Wildman–Crippen LogP) is 3.10. The Morgan fingerprint density at radius 3 is 2.25 bits per heavy atom. The fourth-order valence-corrected chi connectivity index (χ4v) is 3.10. The highest BCUT2D eigenvalue weighted by molar-refractivity contribution is 5.79. The minimum atomic E-state index is 0.168. The van der Waals surface area contributed by atoms with Crippen LogP contribution in [0.2, 0.25) is 0 Å². The smallest absolute Gasteiger partial charge is 0.227 e. The summed E-state index contributed by atoms with van der Waals surface area (Å²) in [4.78, 5) is 28.6. The van der Waals surface area contributed by atoms with Gasteiger partial charge in [-0.05, 0) is 43.4 Å². The van der Waals surface area contributed by atoms with Crippen LogP contribution in [0.1, 0.15) is 49.3 Å². The quantitative estimate of drug-likeness (QED) is 0.832. The van der Waals surface area contributed by atoms with Crippen LogP contribution in [0.5, 0.6) is 0 Å². The Morgan fingerprint density at radius 2 is 1.62 bits per heavy atom. The van der Waals surface area contributed by atoms with E-state index < -0.39 is 0 Å². The van der Waals surface area contributed by atoms with Crippen molar-refractivity contribution in [1.82, 2.24) is 9.80 Å². The maximum absolute atomic E-state index is 12.6. The third-order valence-electron chi connectivity index (χ3n) is 4.87. The van der Waals surface area contributed by atoms with E-state index in [1.165, 1.54) is 11.1 Å². The largest absolute Gasteiger partial charge is 0.341 e. The molecule has 0 bridgehead atoms. The molecule has 0 aliphatic carbocycles. The Morgan fingerprint density at radius 1 is 0.958 bits per heavy atom. The highest BCUT2D eigenvalue weighted by Crippen LogP contribution is 2.13. The second kappa shape index (κ2) is 8.86. The lowest BCUT2D eigenvalue weighted by molar-refractivity contribution is -0.133. The fraction of sp³-hybridized carbons (Fsp3) is 0.600. The van der Waals surface area contributed by atoms with Crippen molar-refractivity contribution in [2.75, 3.05) is 26.2 Å². The standard InChI is InChI=1S/C20H30N2O2/c1-4-5-7-19(23)21-10-6-11-22(13-12-21)20(24)15-18-9-8-16(2)17(3)14-18/h8-9,14H,4-7,10-13,15H2,1-3H3. The zero-order valence-corrected chi connectivity index (χ0v) is 15.3. The number of aryl methyl sites for hydroxylation is 2. The summed E-state index contributed by atoms with van der Waals surface area (Å²) in [6.07, 6.45) is 3.94. The first kappa shape index (κ1) is 18.5. The molecular formula is C20H30N2O2. The van der Waals surface area contributed by atoms with Crippen molar-refractivity contribution >= 4 is 11.8 Å². The zero-order chi connectivity index (χ0) is 17.5. The summed E-state index contributed by atoms with van der Waals surface area (Å²) >= 11 is 0. The number of hydrogen-bond acceptors (Lipinski definition) is 2. The third-order valence-corrected chi connectivity index (χ3v) is 4.87. The van der Waals surface area contributed by atoms with Crippen molar-refractivity contribution in [3.63, 3.8) is 0 Å². The van der Waals surface area contributed by atoms with Crippen LogP contribution in [-0.2, 0) is 16.0 Å². The Hall–Kier alpha value is -1.84. The van der Waals surface area contributed by atoms with Crippen LogP contribution in [0.3, 0.4) is 0 Å². The van der Waals surface area contributed by atoms with Gasteiger partial charge in [-0.25, -0.2) is 0 Å². The van der Waals surface area contributed by atoms with Gasteiger partial charge in [0.15, 0.2) is 0 Å². The second-order valence-electron chi connectivity index (χ2n) is 6.81. The molecule has 0 atom stereocenters. The van der Waals surface area contributed by atoms with E-state index in [2.05, 4.69) is 32.9 Å². The molecule has 0 saturated carbocycles. The summed E-state index contributed by atoms with van der Waals surface area (Å²) in [5.41, 5.74) is 3.55. The van der Waals surface area contributed by atoms with Gasteiger partial charge in [-0.3, -0.25) is 9.59 Å². The van der Waals surface area contributed by atoms with Crippen LogP contribution in [0.25, 0.3) is 0 Å². The summed E-state index contributed by atoms with van der Waals surface area (Å²) in [7, 11) is 0. The van der Waals surface area contributed by atoms with Gasteiger partial charge in [0.1, 0.15) is 0 Å². The lowest BCUT2D eigenvalue weighted by Gasteiger charge is -2.22. The summed E-state index contributed by atoms with van der Waals surface area (Å²) < 4.78 is 0. The molecule has 2 rings (SSSR count). The fourth-order valence-electron chi connectivity index (χ4n) is 3.10. The zero-order valence-electron chi connectivity index (χ0n) is 15.3. The van der Waals surface area contributed by atoms with E-state index in [1.54, 1.807) is 0 Å². The van der Waals surface area contributed by atoms with E-state index in [0.717, 1.165) is 37.9 Å². The molecule has 1 fully saturated rings. The summed E-state index contributed by atoms with van der Waals surface area (Å²) in [5.74, 6) is 0.404. The molecule has 1 heterocycles. The first-order valence-corrected chi connectivity index (χ1v) is 9.13. The van der Waals surface area contributed by atoms with E-state index in [1.807, 2.05) is 15.9 Å². The minimum absolute atomic E-state index is 0.168. The van der Waals surface area contributed by atoms with Crippen molar-refractivity contribution in [1.29, 1.82) is 0 Å². The summed E-state index contributed by atoms with van der Waals surface area (Å²) in [6, 6.07) is 6.22. The second-order valence-corrected chi connectivity index (χ2v) is 6.81. The number of rotatable bonds is 5. The van der Waals surface area contributed by atoms with Crippen molar-refractivity contribution in [2.24, 2.45) is 0 Å². The maximum atomic E-state index is 12.6. The van der Waals surface area contributed by atoms with Crippen LogP contribution in [0.4, 0.5) is 0 Å². The Bertz CT molecular complexity index is 583. The highest BCUT2D eigenvalue weighted by Gasteiger charge is 2.21. The van der Waals surface area contributed by atoms with Gasteiger partial charge in [0.2, 0.25) is 11.8 Å². The molecular weight excluding hydrogens is 300 g/mol. The normalized spacial score (nSPS) is 15.3. The molecule has 132 valence electrons. The number of unbranched alkanes of at least 4 members (excludes halogenated alkanes) is 1. The monoisotopic (exact) mass is 330 g/mol. The number of nitrogens with zero attached hydrogens (tertiary/aromatic N) is 2. The third kappa shape index (κ3) is 5.08. The van der Waals surface area contributed by atoms with Gasteiger partial charge < -0.3 is 9.80 Å². The van der Waals surface area contributed by atoms with E-state index in [9.17, 15) is 9.59 Å². The maximum Gasteiger partial charge on any atom is 0.227 e. The molecule has 1 aromatic carbocycles. The minimum Gasteiger partial charge on any atom is -0.341 e. The molecule has 1 saturated heterocycles. The first-order chi connectivity index (χ1) is 11.5. The van der Waals surface area contributed by atoms with Crippen molar-refractivity contribution < 1.29 is 9.59 Å². The van der Waals surface area contributed by atoms with Crippen molar-refractivity contribution in [2.45, 2.75) is 52.9 Å². The molecule has 0 radical (unpaired) electrons. The van der Waals surface area contributed by atoms with Crippen LogP contribution < -0.4 is 0 Å². The van der Waals surface area contributed by atoms with Gasteiger partial charge in [0.25, 0.3) is 0 Å². The molecule has 1 aliphatic heterocycles. The molecule has 4 nitrogen and oxygen atoms in total. The Labute approximate surface area is 145 Å². The van der Waals surface area contributed by atoms with Gasteiger partial charge in [-0.15, -0.1) is 0 Å². The molecule has 1 aromatic rings. The first-order valence-electron chi connectivity index (χ1n) is 9.13. The molecule has 4 heteroatoms. The highest BCUT2D eigenvalue weighted by atomic mass is 16.2. The SMILES string of the molecule is CCCCC(=O)N1CCCN(C(=O)Cc2ccc(C)c(C)c2)CC1. The van der Waals surface area contributed by atoms with E-state index in [4.69, 9.17) is 0 Å². The number of amides is 2. The molecule has 24 heavy (non-hydrogen) atoms. The molecule has 1 aliphatic rings. The van der Waals surface area contributed by atoms with Crippen molar-refractivity contribution in [3.8, 4) is 0 Å². The van der Waals surface area contributed by atoms with Gasteiger partial charge in [-0.1, -0.05) is 31.5 Å². The van der Waals surface area contributed by atoms with Crippen molar-refractivity contribution in [3.05, 3.63) is 34.9 Å². The summed E-state index contributed by atoms with van der Waals surface area (Å²) in [5, 5.41) is 0. The van der Waals surface area contributed by atoms with Crippen LogP contribution in [0, 0.1) is 13.8 Å². The van der Waals surface area contributed by atoms with Crippen LogP contribution in [0.15, 0.2) is 18.2 Å². The van der Waals surface area contributed by atoms with Crippen LogP contribution >= 0.6 is 0 Å². The molecule has 0 unspecified atom stereocenters. The Balaban J connectivity index is 1.89. The van der Waals surface area contributed by atoms with E-state index in [-0.39, 0.29) is 11.8 Å². The summed E-state index contributed by atoms with van der Waals surface area (Å²) in [6.45, 7) is 9.11. The molecule has 0 aromatic heterocycles. The van der Waals surface area contributed by atoms with Crippen LogP contribution in [-0.4, -0.2) is 47.8 Å². The van der Waals surface area contributed by atoms with E-state index in [0.29, 0.717) is 25.9 Å². The Kier molecular flexibility index (Phi) is 6.83. The molecule has 2 amide bonds. The topological polar surface area (TPSA) is 40.6 Å². The molecule has 0 spiro atoms. The van der Waals surface area contributed by atoms with Gasteiger partial charge >= 0.3 is 0 Å². The predicted molar refractivity (Wildman–Crippen MR) is 96.9 cm³/mol. The lowest BCUT2D eigenvalue weighted by atomic mass is 10.0. The number of carbonyl (C=O) groups is 2. The average molecular weight is 330 g/mol.